The summed E-state index contributed by atoms with van der Waals surface area (Å²) in [4.78, 5) is 24.8. The molecule has 2 aromatic carbocycles. The zero-order valence-corrected chi connectivity index (χ0v) is 15.8. The molecule has 1 N–H and O–H groups in total. The van der Waals surface area contributed by atoms with E-state index in [-0.39, 0.29) is 17.2 Å². The van der Waals surface area contributed by atoms with Crippen molar-refractivity contribution in [2.24, 2.45) is 0 Å². The summed E-state index contributed by atoms with van der Waals surface area (Å²) >= 11 is 0. The number of non-ortho nitro benzene ring substituents is 1. The van der Waals surface area contributed by atoms with Crippen molar-refractivity contribution in [3.05, 3.63) is 57.6 Å². The first-order valence-electron chi connectivity index (χ1n) is 8.32. The Bertz CT molecular complexity index is 836. The van der Waals surface area contributed by atoms with Crippen molar-refractivity contribution in [2.75, 3.05) is 39.8 Å². The third kappa shape index (κ3) is 4.87. The van der Waals surface area contributed by atoms with Crippen molar-refractivity contribution in [3.63, 3.8) is 0 Å². The van der Waals surface area contributed by atoms with Gasteiger partial charge in [0.2, 0.25) is 0 Å². The second-order valence-corrected chi connectivity index (χ2v) is 6.05. The van der Waals surface area contributed by atoms with Crippen LogP contribution in [0.5, 0.6) is 11.5 Å². The fourth-order valence-corrected chi connectivity index (χ4v) is 2.66. The van der Waals surface area contributed by atoms with Gasteiger partial charge in [-0.25, -0.2) is 0 Å². The molecule has 8 nitrogen and oxygen atoms in total. The molecule has 0 heterocycles. The Labute approximate surface area is 157 Å². The zero-order valence-electron chi connectivity index (χ0n) is 15.8. The lowest BCUT2D eigenvalue weighted by atomic mass is 10.1. The Kier molecular flexibility index (Phi) is 6.59. The van der Waals surface area contributed by atoms with E-state index in [0.29, 0.717) is 30.2 Å². The largest absolute Gasteiger partial charge is 0.493 e. The highest BCUT2D eigenvalue weighted by atomic mass is 16.6. The lowest BCUT2D eigenvalue weighted by Crippen LogP contribution is -2.27. The number of hydrogen-bond acceptors (Lipinski definition) is 6. The molecule has 0 aliphatic heterocycles. The summed E-state index contributed by atoms with van der Waals surface area (Å²) in [6, 6.07) is 9.80. The molecule has 0 saturated carbocycles. The molecular weight excluding hydrogens is 350 g/mol. The van der Waals surface area contributed by atoms with Crippen molar-refractivity contribution >= 4 is 17.3 Å². The maximum Gasteiger partial charge on any atom is 0.270 e. The topological polar surface area (TPSA) is 93.9 Å². The molecular formula is C19H23N3O5. The Balaban J connectivity index is 2.09. The Morgan fingerprint density at radius 3 is 2.41 bits per heavy atom. The number of carbonyl (C=O) groups is 1. The van der Waals surface area contributed by atoms with Crippen molar-refractivity contribution in [2.45, 2.75) is 6.42 Å². The molecule has 8 heteroatoms. The fourth-order valence-electron chi connectivity index (χ4n) is 2.66. The maximum absolute atomic E-state index is 12.6. The summed E-state index contributed by atoms with van der Waals surface area (Å²) in [7, 11) is 6.69. The molecule has 0 aliphatic rings. The van der Waals surface area contributed by atoms with E-state index in [9.17, 15) is 14.9 Å². The summed E-state index contributed by atoms with van der Waals surface area (Å²) in [5.41, 5.74) is 1.73. The van der Waals surface area contributed by atoms with Gasteiger partial charge in [-0.3, -0.25) is 14.9 Å². The van der Waals surface area contributed by atoms with E-state index in [1.165, 1.54) is 12.1 Å². The van der Waals surface area contributed by atoms with E-state index in [2.05, 4.69) is 5.32 Å². The van der Waals surface area contributed by atoms with Crippen molar-refractivity contribution in [1.82, 2.24) is 5.32 Å². The lowest BCUT2D eigenvalue weighted by molar-refractivity contribution is -0.384. The van der Waals surface area contributed by atoms with Gasteiger partial charge in [0.15, 0.2) is 11.5 Å². The molecule has 0 saturated heterocycles. The number of ether oxygens (including phenoxy) is 2. The smallest absolute Gasteiger partial charge is 0.270 e. The van der Waals surface area contributed by atoms with Crippen LogP contribution in [0, 0.1) is 10.1 Å². The number of rotatable bonds is 8. The van der Waals surface area contributed by atoms with E-state index in [0.717, 1.165) is 5.56 Å². The SMILES string of the molecule is COc1ccc(CCNC(=O)c2cc([N+](=O)[O-])ccc2N(C)C)cc1OC. The van der Waals surface area contributed by atoms with Gasteiger partial charge in [-0.2, -0.15) is 0 Å². The molecule has 0 bridgehead atoms. The molecule has 0 unspecified atom stereocenters. The summed E-state index contributed by atoms with van der Waals surface area (Å²) in [5.74, 6) is 0.898. The van der Waals surface area contributed by atoms with Crippen LogP contribution in [0.1, 0.15) is 15.9 Å². The molecule has 1 amide bonds. The molecule has 27 heavy (non-hydrogen) atoms. The van der Waals surface area contributed by atoms with Crippen LogP contribution in [0.25, 0.3) is 0 Å². The molecule has 0 fully saturated rings. The van der Waals surface area contributed by atoms with Crippen LogP contribution in [0.15, 0.2) is 36.4 Å². The highest BCUT2D eigenvalue weighted by Gasteiger charge is 2.17. The molecule has 2 aromatic rings. The Hall–Kier alpha value is -3.29. The highest BCUT2D eigenvalue weighted by molar-refractivity contribution is 6.00. The van der Waals surface area contributed by atoms with Gasteiger partial charge in [0, 0.05) is 38.5 Å². The molecule has 0 spiro atoms. The standard InChI is InChI=1S/C19H23N3O5/c1-21(2)16-7-6-14(22(24)25)12-15(16)19(23)20-10-9-13-5-8-17(26-3)18(11-13)27-4/h5-8,11-12H,9-10H2,1-4H3,(H,20,23). The molecule has 0 aliphatic carbocycles. The second-order valence-electron chi connectivity index (χ2n) is 6.05. The van der Waals surface area contributed by atoms with Crippen molar-refractivity contribution in [1.29, 1.82) is 0 Å². The summed E-state index contributed by atoms with van der Waals surface area (Å²) in [5, 5.41) is 13.8. The Morgan fingerprint density at radius 1 is 1.11 bits per heavy atom. The third-order valence-electron chi connectivity index (χ3n) is 4.06. The van der Waals surface area contributed by atoms with Crippen LogP contribution in [-0.4, -0.2) is 45.7 Å². The van der Waals surface area contributed by atoms with Crippen LogP contribution in [-0.2, 0) is 6.42 Å². The quantitative estimate of drug-likeness (QED) is 0.565. The van der Waals surface area contributed by atoms with Gasteiger partial charge in [0.25, 0.3) is 11.6 Å². The number of nitrogens with zero attached hydrogens (tertiary/aromatic N) is 2. The van der Waals surface area contributed by atoms with Gasteiger partial charge < -0.3 is 19.7 Å². The van der Waals surface area contributed by atoms with E-state index in [1.54, 1.807) is 45.3 Å². The fraction of sp³-hybridized carbons (Fsp3) is 0.316. The van der Waals surface area contributed by atoms with Gasteiger partial charge in [-0.15, -0.1) is 0 Å². The number of benzene rings is 2. The Morgan fingerprint density at radius 2 is 1.81 bits per heavy atom. The average molecular weight is 373 g/mol. The van der Waals surface area contributed by atoms with Crippen LogP contribution in [0.3, 0.4) is 0 Å². The maximum atomic E-state index is 12.6. The van der Waals surface area contributed by atoms with Gasteiger partial charge in [0.1, 0.15) is 0 Å². The van der Waals surface area contributed by atoms with Crippen LogP contribution >= 0.6 is 0 Å². The van der Waals surface area contributed by atoms with Gasteiger partial charge >= 0.3 is 0 Å². The number of anilines is 1. The lowest BCUT2D eigenvalue weighted by Gasteiger charge is -2.17. The van der Waals surface area contributed by atoms with Gasteiger partial charge in [-0.05, 0) is 30.2 Å². The molecule has 144 valence electrons. The number of nitro groups is 1. The van der Waals surface area contributed by atoms with Gasteiger partial charge in [-0.1, -0.05) is 6.07 Å². The van der Waals surface area contributed by atoms with Gasteiger partial charge in [0.05, 0.1) is 24.7 Å². The van der Waals surface area contributed by atoms with Crippen LogP contribution < -0.4 is 19.7 Å². The minimum absolute atomic E-state index is 0.120. The first-order chi connectivity index (χ1) is 12.9. The predicted molar refractivity (Wildman–Crippen MR) is 103 cm³/mol. The van der Waals surface area contributed by atoms with E-state index in [4.69, 9.17) is 9.47 Å². The zero-order chi connectivity index (χ0) is 20.0. The number of amides is 1. The average Bonchev–Trinajstić information content (AvgIpc) is 2.66. The number of hydrogen-bond donors (Lipinski definition) is 1. The van der Waals surface area contributed by atoms with Crippen molar-refractivity contribution in [3.8, 4) is 11.5 Å². The normalized spacial score (nSPS) is 10.2. The second kappa shape index (κ2) is 8.88. The summed E-state index contributed by atoms with van der Waals surface area (Å²) in [6.07, 6.45) is 0.582. The molecule has 0 radical (unpaired) electrons. The third-order valence-corrected chi connectivity index (χ3v) is 4.06. The summed E-state index contributed by atoms with van der Waals surface area (Å²) < 4.78 is 10.5. The van der Waals surface area contributed by atoms with Crippen LogP contribution in [0.4, 0.5) is 11.4 Å². The number of carbonyl (C=O) groups excluding carboxylic acids is 1. The van der Waals surface area contributed by atoms with E-state index >= 15 is 0 Å². The monoisotopic (exact) mass is 373 g/mol. The summed E-state index contributed by atoms with van der Waals surface area (Å²) in [6.45, 7) is 0.379. The van der Waals surface area contributed by atoms with Crippen LogP contribution in [0.2, 0.25) is 0 Å². The van der Waals surface area contributed by atoms with E-state index in [1.807, 2.05) is 12.1 Å². The minimum Gasteiger partial charge on any atom is -0.493 e. The number of methoxy groups -OCH3 is 2. The first-order valence-corrected chi connectivity index (χ1v) is 8.32. The predicted octanol–water partition coefficient (Wildman–Crippen LogP) is 2.65. The first kappa shape index (κ1) is 20.0. The van der Waals surface area contributed by atoms with Crippen molar-refractivity contribution < 1.29 is 19.2 Å². The number of nitro benzene ring substituents is 1. The molecule has 2 rings (SSSR count). The molecule has 0 atom stereocenters. The highest BCUT2D eigenvalue weighted by Crippen LogP contribution is 2.28. The molecule has 0 aromatic heterocycles. The number of nitrogens with one attached hydrogen (secondary N) is 1. The minimum atomic E-state index is -0.514. The van der Waals surface area contributed by atoms with E-state index < -0.39 is 4.92 Å².